The molecule has 1 aliphatic heterocycles. The molecule has 2 atom stereocenters. The predicted octanol–water partition coefficient (Wildman–Crippen LogP) is 4.72. The van der Waals surface area contributed by atoms with Crippen molar-refractivity contribution in [3.05, 3.63) is 34.3 Å². The molecule has 3 rings (SSSR count). The summed E-state index contributed by atoms with van der Waals surface area (Å²) in [4.78, 5) is 0. The van der Waals surface area contributed by atoms with Gasteiger partial charge in [-0.3, -0.25) is 0 Å². The molecule has 2 heteroatoms. The Morgan fingerprint density at radius 2 is 2.11 bits per heavy atom. The summed E-state index contributed by atoms with van der Waals surface area (Å²) in [6.07, 6.45) is 7.12. The first-order valence-electron chi connectivity index (χ1n) is 7.64. The van der Waals surface area contributed by atoms with Crippen molar-refractivity contribution in [1.82, 2.24) is 5.32 Å². The van der Waals surface area contributed by atoms with Crippen molar-refractivity contribution in [3.63, 3.8) is 0 Å². The zero-order valence-corrected chi connectivity index (χ0v) is 13.4. The molecule has 2 fully saturated rings. The molecule has 0 radical (unpaired) electrons. The topological polar surface area (TPSA) is 12.0 Å². The number of hydrogen-bond donors (Lipinski definition) is 1. The number of halogens is 1. The van der Waals surface area contributed by atoms with Crippen molar-refractivity contribution in [2.24, 2.45) is 11.3 Å². The van der Waals surface area contributed by atoms with Crippen LogP contribution in [0.15, 0.2) is 28.7 Å². The van der Waals surface area contributed by atoms with Gasteiger partial charge in [0.1, 0.15) is 0 Å². The molecule has 0 amide bonds. The Bertz CT molecular complexity index is 441. The molecule has 19 heavy (non-hydrogen) atoms. The quantitative estimate of drug-likeness (QED) is 0.849. The van der Waals surface area contributed by atoms with Gasteiger partial charge in [-0.15, -0.1) is 0 Å². The van der Waals surface area contributed by atoms with E-state index >= 15 is 0 Å². The van der Waals surface area contributed by atoms with E-state index in [2.05, 4.69) is 52.4 Å². The molecule has 1 aliphatic carbocycles. The lowest BCUT2D eigenvalue weighted by atomic mass is 9.62. The molecule has 1 heterocycles. The fraction of sp³-hybridized carbons (Fsp3) is 0.647. The van der Waals surface area contributed by atoms with Crippen LogP contribution in [0.4, 0.5) is 0 Å². The molecule has 0 spiro atoms. The maximum atomic E-state index is 3.75. The monoisotopic (exact) mass is 321 g/mol. The van der Waals surface area contributed by atoms with E-state index in [1.54, 1.807) is 0 Å². The molecule has 1 aromatic carbocycles. The van der Waals surface area contributed by atoms with Gasteiger partial charge in [0, 0.05) is 16.9 Å². The second kappa shape index (κ2) is 5.57. The van der Waals surface area contributed by atoms with Crippen LogP contribution in [0.2, 0.25) is 0 Å². The third-order valence-electron chi connectivity index (χ3n) is 5.32. The SMILES string of the molecule is CC1(CC2CCC2)CCNCC1c1ccccc1Br. The highest BCUT2D eigenvalue weighted by Crippen LogP contribution is 2.49. The molecule has 0 aromatic heterocycles. The van der Waals surface area contributed by atoms with Gasteiger partial charge >= 0.3 is 0 Å². The van der Waals surface area contributed by atoms with Crippen LogP contribution in [0.25, 0.3) is 0 Å². The molecule has 1 saturated heterocycles. The number of nitrogens with one attached hydrogen (secondary N) is 1. The highest BCUT2D eigenvalue weighted by atomic mass is 79.9. The fourth-order valence-electron chi connectivity index (χ4n) is 3.88. The minimum Gasteiger partial charge on any atom is -0.316 e. The van der Waals surface area contributed by atoms with Gasteiger partial charge in [-0.25, -0.2) is 0 Å². The zero-order valence-electron chi connectivity index (χ0n) is 11.8. The lowest BCUT2D eigenvalue weighted by Gasteiger charge is -2.46. The van der Waals surface area contributed by atoms with E-state index in [0.717, 1.165) is 12.5 Å². The van der Waals surface area contributed by atoms with Crippen molar-refractivity contribution in [1.29, 1.82) is 0 Å². The van der Waals surface area contributed by atoms with E-state index in [9.17, 15) is 0 Å². The molecular weight excluding hydrogens is 298 g/mol. The standard InChI is InChI=1S/C17H24BrN/c1-17(11-13-5-4-6-13)9-10-19-12-15(17)14-7-2-3-8-16(14)18/h2-3,7-8,13,15,19H,4-6,9-12H2,1H3. The fourth-order valence-corrected chi connectivity index (χ4v) is 4.45. The van der Waals surface area contributed by atoms with Crippen LogP contribution in [0, 0.1) is 11.3 Å². The largest absolute Gasteiger partial charge is 0.316 e. The van der Waals surface area contributed by atoms with Crippen molar-refractivity contribution < 1.29 is 0 Å². The van der Waals surface area contributed by atoms with Crippen LogP contribution in [0.5, 0.6) is 0 Å². The van der Waals surface area contributed by atoms with Crippen LogP contribution in [-0.4, -0.2) is 13.1 Å². The molecule has 2 unspecified atom stereocenters. The van der Waals surface area contributed by atoms with E-state index < -0.39 is 0 Å². The highest BCUT2D eigenvalue weighted by Gasteiger charge is 2.40. The Labute approximate surface area is 125 Å². The molecule has 0 bridgehead atoms. The summed E-state index contributed by atoms with van der Waals surface area (Å²) in [5.41, 5.74) is 1.97. The van der Waals surface area contributed by atoms with Crippen LogP contribution in [0.3, 0.4) is 0 Å². The second-order valence-electron chi connectivity index (χ2n) is 6.68. The Morgan fingerprint density at radius 3 is 2.79 bits per heavy atom. The minimum absolute atomic E-state index is 0.472. The number of hydrogen-bond acceptors (Lipinski definition) is 1. The second-order valence-corrected chi connectivity index (χ2v) is 7.54. The first-order chi connectivity index (χ1) is 9.19. The number of piperidine rings is 1. The van der Waals surface area contributed by atoms with Gasteiger partial charge in [0.25, 0.3) is 0 Å². The van der Waals surface area contributed by atoms with Gasteiger partial charge in [-0.1, -0.05) is 60.3 Å². The summed E-state index contributed by atoms with van der Waals surface area (Å²) in [6.45, 7) is 4.84. The Kier molecular flexibility index (Phi) is 4.00. The van der Waals surface area contributed by atoms with Gasteiger partial charge in [-0.05, 0) is 42.3 Å². The van der Waals surface area contributed by atoms with Crippen molar-refractivity contribution in [3.8, 4) is 0 Å². The maximum absolute atomic E-state index is 3.75. The van der Waals surface area contributed by atoms with E-state index in [1.807, 2.05) is 0 Å². The summed E-state index contributed by atoms with van der Waals surface area (Å²) in [5.74, 6) is 1.64. The molecule has 1 nitrogen and oxygen atoms in total. The van der Waals surface area contributed by atoms with E-state index in [0.29, 0.717) is 11.3 Å². The molecule has 2 aliphatic rings. The minimum atomic E-state index is 0.472. The molecule has 1 aromatic rings. The zero-order chi connectivity index (χ0) is 13.3. The van der Waals surface area contributed by atoms with Gasteiger partial charge in [0.2, 0.25) is 0 Å². The van der Waals surface area contributed by atoms with E-state index in [4.69, 9.17) is 0 Å². The highest BCUT2D eigenvalue weighted by molar-refractivity contribution is 9.10. The van der Waals surface area contributed by atoms with Gasteiger partial charge < -0.3 is 5.32 Å². The number of benzene rings is 1. The van der Waals surface area contributed by atoms with Crippen molar-refractivity contribution in [2.75, 3.05) is 13.1 Å². The van der Waals surface area contributed by atoms with Crippen molar-refractivity contribution >= 4 is 15.9 Å². The average Bonchev–Trinajstić information content (AvgIpc) is 2.36. The predicted molar refractivity (Wildman–Crippen MR) is 84.4 cm³/mol. The molecule has 1 N–H and O–H groups in total. The Hall–Kier alpha value is -0.340. The molecule has 1 saturated carbocycles. The summed E-state index contributed by atoms with van der Waals surface area (Å²) in [7, 11) is 0. The third kappa shape index (κ3) is 2.75. The smallest absolute Gasteiger partial charge is 0.0210 e. The molecular formula is C17H24BrN. The van der Waals surface area contributed by atoms with E-state index in [1.165, 1.54) is 48.7 Å². The Balaban J connectivity index is 1.85. The normalized spacial score (nSPS) is 32.0. The third-order valence-corrected chi connectivity index (χ3v) is 6.05. The first kappa shape index (κ1) is 13.6. The van der Waals surface area contributed by atoms with Gasteiger partial charge in [0.05, 0.1) is 0 Å². The first-order valence-corrected chi connectivity index (χ1v) is 8.43. The Morgan fingerprint density at radius 1 is 1.32 bits per heavy atom. The van der Waals surface area contributed by atoms with Crippen LogP contribution >= 0.6 is 15.9 Å². The summed E-state index contributed by atoms with van der Waals surface area (Å²) < 4.78 is 1.28. The lowest BCUT2D eigenvalue weighted by Crippen LogP contribution is -2.43. The van der Waals surface area contributed by atoms with Crippen molar-refractivity contribution in [2.45, 2.75) is 44.9 Å². The van der Waals surface area contributed by atoms with Crippen LogP contribution in [0.1, 0.15) is 50.5 Å². The van der Waals surface area contributed by atoms with Gasteiger partial charge in [0.15, 0.2) is 0 Å². The molecule has 104 valence electrons. The van der Waals surface area contributed by atoms with E-state index in [-0.39, 0.29) is 0 Å². The average molecular weight is 322 g/mol. The summed E-state index contributed by atoms with van der Waals surface area (Å²) in [6, 6.07) is 8.79. The van der Waals surface area contributed by atoms with Crippen LogP contribution < -0.4 is 5.32 Å². The maximum Gasteiger partial charge on any atom is 0.0210 e. The van der Waals surface area contributed by atoms with Crippen LogP contribution in [-0.2, 0) is 0 Å². The summed E-state index contributed by atoms with van der Waals surface area (Å²) in [5, 5.41) is 3.60. The number of rotatable bonds is 3. The lowest BCUT2D eigenvalue weighted by molar-refractivity contribution is 0.111. The summed E-state index contributed by atoms with van der Waals surface area (Å²) >= 11 is 3.75. The van der Waals surface area contributed by atoms with Gasteiger partial charge in [-0.2, -0.15) is 0 Å².